The van der Waals surface area contributed by atoms with Gasteiger partial charge >= 0.3 is 5.97 Å². The number of esters is 1. The number of carbonyl (C=O) groups is 2. The summed E-state index contributed by atoms with van der Waals surface area (Å²) in [6.07, 6.45) is 0.802. The van der Waals surface area contributed by atoms with E-state index < -0.39 is 17.8 Å². The topological polar surface area (TPSA) is 73.9 Å². The van der Waals surface area contributed by atoms with Crippen LogP contribution in [-0.2, 0) is 14.3 Å². The van der Waals surface area contributed by atoms with Crippen molar-refractivity contribution in [2.45, 2.75) is 12.3 Å². The quantitative estimate of drug-likeness (QED) is 0.610. The van der Waals surface area contributed by atoms with Gasteiger partial charge in [-0.2, -0.15) is 0 Å². The van der Waals surface area contributed by atoms with Crippen LogP contribution >= 0.6 is 0 Å². The average Bonchev–Trinajstić information content (AvgIpc) is 3.04. The standard InChI is InChI=1S/C25H23NO5/c27-23(26-20-12-13-21-22(16-20)30-15-7-14-29-21)17-31-25(28)24(18-8-3-1-4-9-18)19-10-5-2-6-11-19/h1-6,8-13,16,24H,7,14-15,17H2,(H,26,27). The van der Waals surface area contributed by atoms with Gasteiger partial charge in [0, 0.05) is 18.2 Å². The van der Waals surface area contributed by atoms with Crippen LogP contribution in [0, 0.1) is 0 Å². The molecule has 0 bridgehead atoms. The van der Waals surface area contributed by atoms with Gasteiger partial charge in [-0.1, -0.05) is 60.7 Å². The molecule has 0 spiro atoms. The molecule has 1 heterocycles. The van der Waals surface area contributed by atoms with Gasteiger partial charge in [-0.3, -0.25) is 9.59 Å². The van der Waals surface area contributed by atoms with Gasteiger partial charge in [0.25, 0.3) is 5.91 Å². The van der Waals surface area contributed by atoms with E-state index in [1.165, 1.54) is 0 Å². The molecule has 1 amide bonds. The summed E-state index contributed by atoms with van der Waals surface area (Å²) in [5.74, 6) is -0.279. The van der Waals surface area contributed by atoms with Crippen LogP contribution in [0.1, 0.15) is 23.5 Å². The minimum atomic E-state index is -0.603. The van der Waals surface area contributed by atoms with Gasteiger partial charge in [0.2, 0.25) is 0 Å². The van der Waals surface area contributed by atoms with E-state index in [4.69, 9.17) is 14.2 Å². The molecule has 0 radical (unpaired) electrons. The summed E-state index contributed by atoms with van der Waals surface area (Å²) < 4.78 is 16.6. The summed E-state index contributed by atoms with van der Waals surface area (Å²) in [6, 6.07) is 23.9. The van der Waals surface area contributed by atoms with Gasteiger partial charge in [-0.05, 0) is 23.3 Å². The van der Waals surface area contributed by atoms with Gasteiger partial charge in [0.15, 0.2) is 18.1 Å². The maximum absolute atomic E-state index is 12.9. The van der Waals surface area contributed by atoms with Crippen molar-refractivity contribution in [2.24, 2.45) is 0 Å². The van der Waals surface area contributed by atoms with Crippen molar-refractivity contribution in [1.82, 2.24) is 0 Å². The Morgan fingerprint density at radius 3 is 2.10 bits per heavy atom. The molecule has 3 aromatic carbocycles. The molecule has 0 saturated carbocycles. The summed E-state index contributed by atoms with van der Waals surface area (Å²) in [7, 11) is 0. The smallest absolute Gasteiger partial charge is 0.318 e. The highest BCUT2D eigenvalue weighted by molar-refractivity contribution is 5.94. The number of amides is 1. The van der Waals surface area contributed by atoms with Crippen LogP contribution in [0.5, 0.6) is 11.5 Å². The molecule has 4 rings (SSSR count). The highest BCUT2D eigenvalue weighted by atomic mass is 16.5. The number of fused-ring (bicyclic) bond motifs is 1. The van der Waals surface area contributed by atoms with E-state index >= 15 is 0 Å². The van der Waals surface area contributed by atoms with Crippen molar-refractivity contribution in [2.75, 3.05) is 25.1 Å². The number of nitrogens with one attached hydrogen (secondary N) is 1. The van der Waals surface area contributed by atoms with Crippen LogP contribution in [0.3, 0.4) is 0 Å². The first-order valence-corrected chi connectivity index (χ1v) is 10.2. The van der Waals surface area contributed by atoms with Gasteiger partial charge < -0.3 is 19.5 Å². The molecule has 1 N–H and O–H groups in total. The second-order valence-electron chi connectivity index (χ2n) is 7.12. The predicted octanol–water partition coefficient (Wildman–Crippen LogP) is 4.16. The predicted molar refractivity (Wildman–Crippen MR) is 116 cm³/mol. The van der Waals surface area contributed by atoms with E-state index in [2.05, 4.69) is 5.32 Å². The molecule has 31 heavy (non-hydrogen) atoms. The van der Waals surface area contributed by atoms with E-state index in [0.717, 1.165) is 17.5 Å². The van der Waals surface area contributed by atoms with Crippen LogP contribution in [0.4, 0.5) is 5.69 Å². The fourth-order valence-corrected chi connectivity index (χ4v) is 3.41. The zero-order valence-electron chi connectivity index (χ0n) is 17.0. The lowest BCUT2D eigenvalue weighted by atomic mass is 9.91. The molecule has 6 heteroatoms. The summed E-state index contributed by atoms with van der Waals surface area (Å²) >= 11 is 0. The van der Waals surface area contributed by atoms with E-state index in [-0.39, 0.29) is 6.61 Å². The number of hydrogen-bond acceptors (Lipinski definition) is 5. The van der Waals surface area contributed by atoms with Crippen LogP contribution < -0.4 is 14.8 Å². The van der Waals surface area contributed by atoms with E-state index in [0.29, 0.717) is 30.4 Å². The summed E-state index contributed by atoms with van der Waals surface area (Å²) in [6.45, 7) is 0.768. The van der Waals surface area contributed by atoms with Gasteiger partial charge in [-0.25, -0.2) is 0 Å². The molecule has 0 fully saturated rings. The molecule has 0 atom stereocenters. The van der Waals surface area contributed by atoms with Crippen molar-refractivity contribution in [3.05, 3.63) is 90.0 Å². The Kier molecular flexibility index (Phi) is 6.47. The second kappa shape index (κ2) is 9.80. The number of benzene rings is 3. The maximum Gasteiger partial charge on any atom is 0.318 e. The Morgan fingerprint density at radius 2 is 1.45 bits per heavy atom. The molecule has 0 aliphatic carbocycles. The zero-order valence-corrected chi connectivity index (χ0v) is 17.0. The third-order valence-corrected chi connectivity index (χ3v) is 4.88. The molecule has 0 unspecified atom stereocenters. The number of hydrogen-bond donors (Lipinski definition) is 1. The lowest BCUT2D eigenvalue weighted by Crippen LogP contribution is -2.24. The molecule has 158 valence electrons. The molecule has 1 aliphatic heterocycles. The normalized spacial score (nSPS) is 12.7. The van der Waals surface area contributed by atoms with E-state index in [1.807, 2.05) is 60.7 Å². The van der Waals surface area contributed by atoms with Gasteiger partial charge in [-0.15, -0.1) is 0 Å². The fraction of sp³-hybridized carbons (Fsp3) is 0.200. The Bertz CT molecular complexity index is 997. The molecule has 0 saturated heterocycles. The molecule has 0 aromatic heterocycles. The largest absolute Gasteiger partial charge is 0.490 e. The molecule has 3 aromatic rings. The van der Waals surface area contributed by atoms with Crippen LogP contribution in [0.25, 0.3) is 0 Å². The summed E-state index contributed by atoms with van der Waals surface area (Å²) in [5, 5.41) is 2.73. The molecule has 6 nitrogen and oxygen atoms in total. The van der Waals surface area contributed by atoms with Crippen LogP contribution in [-0.4, -0.2) is 31.7 Å². The first-order chi connectivity index (χ1) is 15.2. The monoisotopic (exact) mass is 417 g/mol. The third-order valence-electron chi connectivity index (χ3n) is 4.88. The highest BCUT2D eigenvalue weighted by Crippen LogP contribution is 2.32. The Balaban J connectivity index is 1.41. The molecule has 1 aliphatic rings. The van der Waals surface area contributed by atoms with Crippen LogP contribution in [0.15, 0.2) is 78.9 Å². The first-order valence-electron chi connectivity index (χ1n) is 10.2. The zero-order chi connectivity index (χ0) is 21.5. The van der Waals surface area contributed by atoms with Crippen molar-refractivity contribution in [3.8, 4) is 11.5 Å². The fourth-order valence-electron chi connectivity index (χ4n) is 3.41. The third kappa shape index (κ3) is 5.22. The lowest BCUT2D eigenvalue weighted by Gasteiger charge is -2.17. The maximum atomic E-state index is 12.9. The van der Waals surface area contributed by atoms with Gasteiger partial charge in [0.1, 0.15) is 5.92 Å². The second-order valence-corrected chi connectivity index (χ2v) is 7.12. The van der Waals surface area contributed by atoms with Crippen LogP contribution in [0.2, 0.25) is 0 Å². The summed E-state index contributed by atoms with van der Waals surface area (Å²) in [4.78, 5) is 25.3. The molecular weight excluding hydrogens is 394 g/mol. The van der Waals surface area contributed by atoms with Crippen molar-refractivity contribution >= 4 is 17.6 Å². The number of anilines is 1. The Hall–Kier alpha value is -3.80. The average molecular weight is 417 g/mol. The van der Waals surface area contributed by atoms with Gasteiger partial charge in [0.05, 0.1) is 13.2 Å². The minimum Gasteiger partial charge on any atom is -0.490 e. The van der Waals surface area contributed by atoms with Crippen molar-refractivity contribution in [1.29, 1.82) is 0 Å². The van der Waals surface area contributed by atoms with E-state index in [9.17, 15) is 9.59 Å². The SMILES string of the molecule is O=C(COC(=O)C(c1ccccc1)c1ccccc1)Nc1ccc2c(c1)OCCCO2. The first kappa shape index (κ1) is 20.5. The summed E-state index contributed by atoms with van der Waals surface area (Å²) in [5.41, 5.74) is 2.16. The highest BCUT2D eigenvalue weighted by Gasteiger charge is 2.25. The van der Waals surface area contributed by atoms with E-state index in [1.54, 1.807) is 18.2 Å². The molecular formula is C25H23NO5. The Labute approximate surface area is 180 Å². The Morgan fingerprint density at radius 1 is 0.839 bits per heavy atom. The lowest BCUT2D eigenvalue weighted by molar-refractivity contribution is -0.147. The number of rotatable bonds is 6. The minimum absolute atomic E-state index is 0.385. The van der Waals surface area contributed by atoms with Crippen molar-refractivity contribution in [3.63, 3.8) is 0 Å². The number of ether oxygens (including phenoxy) is 3. The van der Waals surface area contributed by atoms with Crippen molar-refractivity contribution < 1.29 is 23.8 Å². The number of carbonyl (C=O) groups excluding carboxylic acids is 2.